The molecule has 0 N–H and O–H groups in total. The topological polar surface area (TPSA) is 54.5 Å². The van der Waals surface area contributed by atoms with E-state index >= 15 is 0 Å². The molecule has 1 atom stereocenters. The highest BCUT2D eigenvalue weighted by Gasteiger charge is 2.31. The minimum absolute atomic E-state index is 0.236. The second-order valence-electron chi connectivity index (χ2n) is 6.83. The minimum Gasteiger partial charge on any atom is -0.302 e. The van der Waals surface area contributed by atoms with E-state index in [1.165, 1.54) is 4.31 Å². The number of hydrogen-bond donors (Lipinski definition) is 0. The Balaban J connectivity index is 3.20. The number of benzene rings is 1. The van der Waals surface area contributed by atoms with Crippen LogP contribution in [0.1, 0.15) is 46.1 Å². The van der Waals surface area contributed by atoms with E-state index in [4.69, 9.17) is 0 Å². The van der Waals surface area contributed by atoms with E-state index in [1.54, 1.807) is 24.3 Å². The molecule has 1 aromatic rings. The van der Waals surface area contributed by atoms with Gasteiger partial charge in [0.2, 0.25) is 10.0 Å². The maximum Gasteiger partial charge on any atom is 0.243 e. The molecule has 0 unspecified atom stereocenters. The van der Waals surface area contributed by atoms with Crippen molar-refractivity contribution in [3.05, 3.63) is 41.5 Å². The summed E-state index contributed by atoms with van der Waals surface area (Å²) in [6.07, 6.45) is 3.86. The van der Waals surface area contributed by atoms with Gasteiger partial charge in [0.05, 0.1) is 10.9 Å². The Bertz CT molecular complexity index is 656. The molecule has 0 aliphatic heterocycles. The Morgan fingerprint density at radius 2 is 1.75 bits per heavy atom. The first-order valence-corrected chi connectivity index (χ1v) is 9.79. The lowest BCUT2D eigenvalue weighted by atomic mass is 10.0. The maximum absolute atomic E-state index is 13.0. The van der Waals surface area contributed by atoms with Crippen molar-refractivity contribution in [1.82, 2.24) is 4.31 Å². The molecule has 1 rings (SSSR count). The molecule has 0 bridgehead atoms. The maximum atomic E-state index is 13.0. The van der Waals surface area contributed by atoms with Crippen LogP contribution in [0.4, 0.5) is 0 Å². The SMILES string of the molecule is CC(C)=CCCN([C@H](C=O)CC(C)C)S(=O)(=O)c1ccc(C)cc1. The van der Waals surface area contributed by atoms with Crippen molar-refractivity contribution >= 4 is 16.3 Å². The molecule has 5 heteroatoms. The van der Waals surface area contributed by atoms with Crippen molar-refractivity contribution in [2.24, 2.45) is 5.92 Å². The van der Waals surface area contributed by atoms with E-state index in [9.17, 15) is 13.2 Å². The summed E-state index contributed by atoms with van der Waals surface area (Å²) in [4.78, 5) is 11.8. The van der Waals surface area contributed by atoms with Gasteiger partial charge in [-0.1, -0.05) is 43.2 Å². The predicted molar refractivity (Wildman–Crippen MR) is 98.4 cm³/mol. The first kappa shape index (κ1) is 20.6. The second kappa shape index (κ2) is 9.14. The van der Waals surface area contributed by atoms with E-state index in [0.29, 0.717) is 19.4 Å². The summed E-state index contributed by atoms with van der Waals surface area (Å²) >= 11 is 0. The quantitative estimate of drug-likeness (QED) is 0.500. The lowest BCUT2D eigenvalue weighted by Crippen LogP contribution is -2.42. The molecule has 0 heterocycles. The highest BCUT2D eigenvalue weighted by molar-refractivity contribution is 7.89. The zero-order chi connectivity index (χ0) is 18.3. The smallest absolute Gasteiger partial charge is 0.243 e. The third-order valence-corrected chi connectivity index (χ3v) is 5.71. The molecule has 0 aliphatic carbocycles. The van der Waals surface area contributed by atoms with Crippen molar-refractivity contribution in [3.8, 4) is 0 Å². The average molecular weight is 352 g/mol. The number of rotatable bonds is 9. The number of allylic oxidation sites excluding steroid dienone is 1. The molecular formula is C19H29NO3S. The molecule has 0 amide bonds. The molecule has 0 aromatic heterocycles. The van der Waals surface area contributed by atoms with Crippen LogP contribution >= 0.6 is 0 Å². The van der Waals surface area contributed by atoms with Crippen LogP contribution in [0.25, 0.3) is 0 Å². The number of hydrogen-bond acceptors (Lipinski definition) is 3. The summed E-state index contributed by atoms with van der Waals surface area (Å²) in [7, 11) is -3.70. The summed E-state index contributed by atoms with van der Waals surface area (Å²) in [6.45, 7) is 10.1. The van der Waals surface area contributed by atoms with Crippen molar-refractivity contribution in [2.45, 2.75) is 58.4 Å². The third kappa shape index (κ3) is 5.87. The lowest BCUT2D eigenvalue weighted by Gasteiger charge is -2.28. The number of carbonyl (C=O) groups excluding carboxylic acids is 1. The summed E-state index contributed by atoms with van der Waals surface area (Å²) in [5.41, 5.74) is 2.13. The van der Waals surface area contributed by atoms with E-state index < -0.39 is 16.1 Å². The van der Waals surface area contributed by atoms with Crippen LogP contribution in [-0.2, 0) is 14.8 Å². The Kier molecular flexibility index (Phi) is 7.84. The van der Waals surface area contributed by atoms with Crippen LogP contribution in [0.5, 0.6) is 0 Å². The molecule has 1 aromatic carbocycles. The highest BCUT2D eigenvalue weighted by atomic mass is 32.2. The number of carbonyl (C=O) groups is 1. The van der Waals surface area contributed by atoms with E-state index in [-0.39, 0.29) is 10.8 Å². The minimum atomic E-state index is -3.70. The van der Waals surface area contributed by atoms with Gasteiger partial charge in [0, 0.05) is 6.54 Å². The van der Waals surface area contributed by atoms with Crippen molar-refractivity contribution in [3.63, 3.8) is 0 Å². The second-order valence-corrected chi connectivity index (χ2v) is 8.72. The van der Waals surface area contributed by atoms with Gasteiger partial charge < -0.3 is 4.79 Å². The van der Waals surface area contributed by atoms with Gasteiger partial charge >= 0.3 is 0 Å². The van der Waals surface area contributed by atoms with Gasteiger partial charge in [-0.2, -0.15) is 4.31 Å². The first-order chi connectivity index (χ1) is 11.2. The Morgan fingerprint density at radius 3 is 2.21 bits per heavy atom. The van der Waals surface area contributed by atoms with Crippen LogP contribution in [0, 0.1) is 12.8 Å². The van der Waals surface area contributed by atoms with Crippen molar-refractivity contribution in [2.75, 3.05) is 6.54 Å². The number of aldehydes is 1. The van der Waals surface area contributed by atoms with E-state index in [1.807, 2.05) is 40.7 Å². The van der Waals surface area contributed by atoms with Crippen LogP contribution in [0.3, 0.4) is 0 Å². The summed E-state index contributed by atoms with van der Waals surface area (Å²) < 4.78 is 27.4. The van der Waals surface area contributed by atoms with Gasteiger partial charge in [-0.15, -0.1) is 0 Å². The molecule has 0 radical (unpaired) electrons. The number of sulfonamides is 1. The van der Waals surface area contributed by atoms with Gasteiger partial charge in [-0.25, -0.2) is 8.42 Å². The molecule has 0 fully saturated rings. The molecule has 4 nitrogen and oxygen atoms in total. The largest absolute Gasteiger partial charge is 0.302 e. The first-order valence-electron chi connectivity index (χ1n) is 8.35. The van der Waals surface area contributed by atoms with E-state index in [2.05, 4.69) is 0 Å². The van der Waals surface area contributed by atoms with E-state index in [0.717, 1.165) is 17.4 Å². The third-order valence-electron chi connectivity index (χ3n) is 3.77. The fraction of sp³-hybridized carbons (Fsp3) is 0.526. The van der Waals surface area contributed by atoms with Crippen LogP contribution < -0.4 is 0 Å². The van der Waals surface area contributed by atoms with Crippen LogP contribution in [0.15, 0.2) is 40.8 Å². The molecule has 0 saturated heterocycles. The molecule has 134 valence electrons. The Labute approximate surface area is 146 Å². The molecular weight excluding hydrogens is 322 g/mol. The monoisotopic (exact) mass is 351 g/mol. The zero-order valence-corrected chi connectivity index (χ0v) is 16.1. The standard InChI is InChI=1S/C19H29NO3S/c1-15(2)7-6-12-20(18(14-21)13-16(3)4)24(22,23)19-10-8-17(5)9-11-19/h7-11,14,16,18H,6,12-13H2,1-5H3/t18-/m0/s1. The zero-order valence-electron chi connectivity index (χ0n) is 15.3. The fourth-order valence-corrected chi connectivity index (χ4v) is 4.10. The molecule has 0 saturated carbocycles. The molecule has 0 spiro atoms. The van der Waals surface area contributed by atoms with Gasteiger partial charge in [0.25, 0.3) is 0 Å². The predicted octanol–water partition coefficient (Wildman–Crippen LogP) is 3.96. The molecule has 24 heavy (non-hydrogen) atoms. The van der Waals surface area contributed by atoms with Crippen molar-refractivity contribution in [1.29, 1.82) is 0 Å². The summed E-state index contributed by atoms with van der Waals surface area (Å²) in [5.74, 6) is 0.236. The number of aryl methyl sites for hydroxylation is 1. The van der Waals surface area contributed by atoms with Gasteiger partial charge in [0.15, 0.2) is 0 Å². The average Bonchev–Trinajstić information content (AvgIpc) is 2.49. The Hall–Kier alpha value is -1.46. The molecule has 0 aliphatic rings. The number of nitrogens with zero attached hydrogens (tertiary/aromatic N) is 1. The van der Waals surface area contributed by atoms with Gasteiger partial charge in [-0.05, 0) is 51.7 Å². The van der Waals surface area contributed by atoms with Gasteiger partial charge in [-0.3, -0.25) is 0 Å². The fourth-order valence-electron chi connectivity index (χ4n) is 2.51. The van der Waals surface area contributed by atoms with Gasteiger partial charge in [0.1, 0.15) is 6.29 Å². The van der Waals surface area contributed by atoms with Crippen molar-refractivity contribution < 1.29 is 13.2 Å². The van der Waals surface area contributed by atoms with Crippen LogP contribution in [0.2, 0.25) is 0 Å². The Morgan fingerprint density at radius 1 is 1.17 bits per heavy atom. The van der Waals surface area contributed by atoms with Crippen LogP contribution in [-0.4, -0.2) is 31.6 Å². The summed E-state index contributed by atoms with van der Waals surface area (Å²) in [6, 6.07) is 6.13. The normalized spacial score (nSPS) is 13.1. The lowest BCUT2D eigenvalue weighted by molar-refractivity contribution is -0.111. The highest BCUT2D eigenvalue weighted by Crippen LogP contribution is 2.22. The summed E-state index contributed by atoms with van der Waals surface area (Å²) in [5, 5.41) is 0.